The van der Waals surface area contributed by atoms with Gasteiger partial charge in [-0.25, -0.2) is 44.3 Å². The zero-order valence-electron chi connectivity index (χ0n) is 88.2. The predicted octanol–water partition coefficient (Wildman–Crippen LogP) is 6.73. The van der Waals surface area contributed by atoms with Crippen LogP contribution in [0.15, 0.2) is 111 Å². The first-order valence-corrected chi connectivity index (χ1v) is 46.5. The maximum absolute atomic E-state index is 12.7. The number of ether oxygens (including phenoxy) is 3. The first-order valence-electron chi connectivity index (χ1n) is 46.1. The fraction of sp³-hybridized carbons (Fsp3) is 0.570. The van der Waals surface area contributed by atoms with Crippen molar-refractivity contribution >= 4 is 99.0 Å². The predicted molar refractivity (Wildman–Crippen MR) is 536 cm³/mol. The van der Waals surface area contributed by atoms with Gasteiger partial charge >= 0.3 is 174 Å². The maximum atomic E-state index is 12.7. The molecule has 146 heavy (non-hydrogen) atoms. The van der Waals surface area contributed by atoms with Gasteiger partial charge in [-0.2, -0.15) is 43.8 Å². The van der Waals surface area contributed by atoms with E-state index in [4.69, 9.17) is 57.4 Å². The van der Waals surface area contributed by atoms with Gasteiger partial charge in [0.05, 0.1) is 172 Å². The summed E-state index contributed by atoms with van der Waals surface area (Å²) in [6.07, 6.45) is 32.1. The van der Waals surface area contributed by atoms with Crippen LogP contribution < -0.4 is 170 Å². The van der Waals surface area contributed by atoms with Crippen molar-refractivity contribution in [2.75, 3.05) is 42.4 Å². The number of epoxide rings is 1. The molecule has 7 aliphatic heterocycles. The van der Waals surface area contributed by atoms with Gasteiger partial charge in [-0.05, 0) is 248 Å². The second-order valence-electron chi connectivity index (χ2n) is 40.9. The molecule has 7 aliphatic rings. The molecule has 16 rings (SSSR count). The van der Waals surface area contributed by atoms with Crippen LogP contribution in [0.25, 0.3) is 16.7 Å². The number of hydrogen-bond acceptors (Lipinski definition) is 35. The minimum absolute atomic E-state index is 0. The van der Waals surface area contributed by atoms with Crippen LogP contribution in [-0.2, 0) is 56.6 Å². The minimum atomic E-state index is -4.45. The number of carbonyl (C=O) groups is 4. The number of fused-ring (bicyclic) bond motifs is 6. The number of nitrogens with two attached hydrogens (primary N) is 2. The number of halogens is 4. The van der Waals surface area contributed by atoms with Crippen molar-refractivity contribution in [2.45, 2.75) is 323 Å². The molecule has 6 unspecified atom stereocenters. The molecule has 53 heteroatoms. The van der Waals surface area contributed by atoms with Crippen molar-refractivity contribution in [3.8, 4) is 0 Å². The fourth-order valence-corrected chi connectivity index (χ4v) is 15.6. The van der Waals surface area contributed by atoms with Gasteiger partial charge in [-0.1, -0.05) is 18.2 Å². The molecule has 16 heterocycles. The van der Waals surface area contributed by atoms with Crippen LogP contribution in [0.2, 0.25) is 5.28 Å². The van der Waals surface area contributed by atoms with E-state index in [9.17, 15) is 73.3 Å². The summed E-state index contributed by atoms with van der Waals surface area (Å²) in [5, 5.41) is 118. The average Bonchev–Trinajstić information content (AvgIpc) is 1.60. The van der Waals surface area contributed by atoms with Crippen LogP contribution in [0.1, 0.15) is 223 Å². The van der Waals surface area contributed by atoms with Crippen LogP contribution >= 0.6 is 11.6 Å². The number of amides is 4. The number of H-pyrrole nitrogens is 1. The molecular formula is C93H146ClCs2F3N28O19. The number of urea groups is 1. The summed E-state index contributed by atoms with van der Waals surface area (Å²) in [4.78, 5) is 99.8. The fourth-order valence-electron chi connectivity index (χ4n) is 15.4. The van der Waals surface area contributed by atoms with Gasteiger partial charge in [-0.3, -0.25) is 63.3 Å². The number of rotatable bonds is 21. The Kier molecular flexibility index (Phi) is 48.5. The summed E-state index contributed by atoms with van der Waals surface area (Å²) < 4.78 is 61.5. The molecular weight excluding hydrogens is 2170 g/mol. The second kappa shape index (κ2) is 55.6. The molecule has 4 fully saturated rings. The minimum Gasteiger partial charge on any atom is -1.00 e. The van der Waals surface area contributed by atoms with Crippen LogP contribution in [-0.4, -0.2) is 276 Å². The van der Waals surface area contributed by atoms with E-state index in [1.165, 1.54) is 22.0 Å². The summed E-state index contributed by atoms with van der Waals surface area (Å²) in [5.74, 6) is 0.864. The Morgan fingerprint density at radius 2 is 0.856 bits per heavy atom. The SMILES string of the molecule is CC(C)(O)Cn1cc(N)cn1.CC(C)(O)Cn1cc(N)cn1.CC(C)(O)Cn1cc([N+](=O)[O-])cn1.CC1(C)CO1.CO.Cc1cnc(Cl)nc1C1=CC2CCC(C1)N2C(=O)OC(C)(C)C.Cc1cnc(Nc2cnn(CC(C)(C)O)c2)nc1C1=CC2CCC(C1)N2C(=O)NCC(F)(F)F.Cc1cnc(Nc2cnn(CC(C)(C)O)c2)nc1C1=CC2CCC(C1)N2C(=O)OC(C)(C)C.O=CO[O-].O=[N+]([O-])c1cn[nH]c1.[Cs+].[Cs+].[H-].[HH].[HH].[HH].[HH]. The first-order chi connectivity index (χ1) is 66.7. The molecule has 802 valence electrons. The first kappa shape index (κ1) is 127. The van der Waals surface area contributed by atoms with E-state index >= 15 is 0 Å². The molecule has 9 aromatic heterocycles. The van der Waals surface area contributed by atoms with Gasteiger partial charge in [0.1, 0.15) is 36.3 Å². The number of aliphatic hydroxyl groups excluding tert-OH is 1. The number of aryl methyl sites for hydroxylation is 3. The zero-order valence-corrected chi connectivity index (χ0v) is 101. The van der Waals surface area contributed by atoms with Crippen LogP contribution in [0.4, 0.5) is 73.6 Å². The Bertz CT molecular complexity index is 5780. The van der Waals surface area contributed by atoms with Crippen molar-refractivity contribution in [3.63, 3.8) is 0 Å². The Balaban J connectivity index is 0.00000178. The third kappa shape index (κ3) is 45.0. The van der Waals surface area contributed by atoms with Gasteiger partial charge in [0.2, 0.25) is 17.2 Å². The Morgan fingerprint density at radius 3 is 1.14 bits per heavy atom. The monoisotopic (exact) mass is 2320 g/mol. The van der Waals surface area contributed by atoms with Gasteiger partial charge in [-0.15, -0.1) is 0 Å². The van der Waals surface area contributed by atoms with Crippen LogP contribution in [0.3, 0.4) is 0 Å². The molecule has 4 amide bonds. The van der Waals surface area contributed by atoms with E-state index in [0.717, 1.165) is 127 Å². The normalized spacial score (nSPS) is 17.7. The number of anilines is 6. The van der Waals surface area contributed by atoms with Crippen molar-refractivity contribution in [3.05, 3.63) is 170 Å². The van der Waals surface area contributed by atoms with Gasteiger partial charge in [0.15, 0.2) is 0 Å². The third-order valence-electron chi connectivity index (χ3n) is 21.0. The number of alkyl halides is 3. The van der Waals surface area contributed by atoms with Gasteiger partial charge in [0.25, 0.3) is 6.47 Å². The van der Waals surface area contributed by atoms with Crippen LogP contribution in [0, 0.1) is 41.0 Å². The van der Waals surface area contributed by atoms with Crippen molar-refractivity contribution in [2.24, 2.45) is 0 Å². The molecule has 6 atom stereocenters. The summed E-state index contributed by atoms with van der Waals surface area (Å²) in [6, 6.07) is -0.744. The topological polar surface area (TPSA) is 632 Å². The molecule has 0 saturated carbocycles. The molecule has 0 spiro atoms. The second-order valence-corrected chi connectivity index (χ2v) is 41.2. The molecule has 0 radical (unpaired) electrons. The van der Waals surface area contributed by atoms with E-state index in [1.54, 1.807) is 144 Å². The molecule has 6 bridgehead atoms. The number of aromatic nitrogens is 18. The van der Waals surface area contributed by atoms with Crippen molar-refractivity contribution < 1.29 is 242 Å². The quantitative estimate of drug-likeness (QED) is 0.00885. The van der Waals surface area contributed by atoms with E-state index < -0.39 is 67.8 Å². The Hall–Kier alpha value is -9.14. The molecule has 4 saturated heterocycles. The largest absolute Gasteiger partial charge is 1.00 e. The smallest absolute Gasteiger partial charge is 1.00 e. The number of hydrogen-bond donors (Lipinski definition) is 12. The van der Waals surface area contributed by atoms with E-state index in [-0.39, 0.29) is 229 Å². The van der Waals surface area contributed by atoms with E-state index in [0.29, 0.717) is 68.0 Å². The van der Waals surface area contributed by atoms with E-state index in [2.05, 4.69) is 102 Å². The number of aromatic amines is 1. The molecule has 9 aromatic rings. The number of carbonyl (C=O) groups excluding carboxylic acids is 4. The third-order valence-corrected chi connectivity index (χ3v) is 21.2. The number of nitrogen functional groups attached to an aromatic ring is 2. The number of nitrogens with zero attached hydrogens (tertiary/aromatic N) is 22. The maximum Gasteiger partial charge on any atom is 1.00 e. The van der Waals surface area contributed by atoms with Crippen molar-refractivity contribution in [1.82, 2.24) is 109 Å². The molecule has 14 N–H and O–H groups in total. The van der Waals surface area contributed by atoms with Crippen LogP contribution in [0.5, 0.6) is 0 Å². The molecule has 47 nitrogen and oxygen atoms in total. The zero-order chi connectivity index (χ0) is 108. The Labute approximate surface area is 975 Å². The number of nitro groups is 2. The summed E-state index contributed by atoms with van der Waals surface area (Å²) in [6.45, 7) is 39.7. The molecule has 0 aromatic carbocycles. The van der Waals surface area contributed by atoms with Gasteiger partial charge in [0, 0.05) is 74.3 Å². The van der Waals surface area contributed by atoms with Gasteiger partial charge < -0.3 is 88.7 Å². The standard InChI is InChI=1S/C24H34N6O3.C22H28F3N7O2.C17H22ClN3O2.C7H11N3O3.2C7H13N3O.C4H8O.C3H3N3O2.CH2O3.CH4O.2Cs.4H2.H/c1-15-11-25-21(27-17-12-26-29(13-17)14-24(5,6)32)28-20(15)16-9-18-7-8-19(10-16)30(18)22(31)33-23(2,3)4;1-13-8-26-19(29-15-9-28-31(10-15)12-21(2,3)34)30-18(13)14-6-16-4-5-17(7-14)32(16)20(33)27-11-22(23,24)25;1-10-9-19-15(18)20-14(10)11-7-12-5-6-13(8-11)21(12)16(22)23-17(2,3)4;1-7(2,11)5-9-4-6(3-8-9)10(12)13;2*1-7(2,11)5-10-4-6(8)3-9-10;1-4(2)3-5-4;7-6(8)3-1-4-5-2-3;2-1-4-3;1-2;;;;;;;/h9,11-13,18-19,32H,7-8,10,14H2,1-6H3,(H,25,27,28);6,8-10,16-17,34H,4-5,7,11-12H2,1-3H3,(H,27,33)(H,26,29,30);7,9,12-13H,5-6,8H2,1-4H3;3-4,11H,5H2,1-2H3;2*3-4,11H,5,8H2,1-2H3;3H2,1-2H3;1-2H,(H,4,5);1,3H;2H,1H3;;;4*1H;/q;;;;;;;;;;2*+1;;;;;-1/p-1. The average molecular weight is 2320 g/mol. The van der Waals surface area contributed by atoms with E-state index in [1.807, 2.05) is 95.9 Å². The summed E-state index contributed by atoms with van der Waals surface area (Å²) >= 11 is 5.94. The molecule has 0 aliphatic carbocycles. The van der Waals surface area contributed by atoms with Crippen molar-refractivity contribution in [1.29, 1.82) is 0 Å². The Morgan fingerprint density at radius 1 is 0.534 bits per heavy atom. The summed E-state index contributed by atoms with van der Waals surface area (Å²) in [5.41, 5.74) is 17.2. The summed E-state index contributed by atoms with van der Waals surface area (Å²) in [7, 11) is 1.00. The number of aliphatic hydroxyl groups is 6. The number of nitrogens with one attached hydrogen (secondary N) is 4.